The van der Waals surface area contributed by atoms with E-state index in [9.17, 15) is 0 Å². The van der Waals surface area contributed by atoms with E-state index in [2.05, 4.69) is 22.0 Å². The van der Waals surface area contributed by atoms with E-state index >= 15 is 0 Å². The van der Waals surface area contributed by atoms with Crippen LogP contribution in [-0.4, -0.2) is 12.3 Å². The summed E-state index contributed by atoms with van der Waals surface area (Å²) in [6, 6.07) is 6.09. The summed E-state index contributed by atoms with van der Waals surface area (Å²) < 4.78 is 1.07. The Labute approximate surface area is 96.2 Å². The van der Waals surface area contributed by atoms with Crippen LogP contribution in [0, 0.1) is 0 Å². The molecule has 0 bridgehead atoms. The van der Waals surface area contributed by atoms with Gasteiger partial charge in [0.25, 0.3) is 0 Å². The van der Waals surface area contributed by atoms with E-state index in [1.807, 2.05) is 12.1 Å². The second-order valence-electron chi connectivity index (χ2n) is 2.49. The first-order valence-corrected chi connectivity index (χ1v) is 6.27. The van der Waals surface area contributed by atoms with Crippen molar-refractivity contribution in [1.29, 1.82) is 0 Å². The van der Waals surface area contributed by atoms with Crippen LogP contribution in [0.25, 0.3) is 0 Å². The van der Waals surface area contributed by atoms with Crippen molar-refractivity contribution in [3.05, 3.63) is 28.2 Å². The summed E-state index contributed by atoms with van der Waals surface area (Å²) in [6.07, 6.45) is 0. The Morgan fingerprint density at radius 1 is 1.46 bits per heavy atom. The Bertz CT molecular complexity index is 280. The van der Waals surface area contributed by atoms with Gasteiger partial charge in [0.15, 0.2) is 0 Å². The Morgan fingerprint density at radius 2 is 2.23 bits per heavy atom. The number of hydrogen-bond donors (Lipinski definition) is 1. The zero-order valence-electron chi connectivity index (χ0n) is 7.09. The lowest BCUT2D eigenvalue weighted by Crippen LogP contribution is -2.01. The number of rotatable bonds is 4. The van der Waals surface area contributed by atoms with Gasteiger partial charge in [-0.1, -0.05) is 22.0 Å². The van der Waals surface area contributed by atoms with Crippen molar-refractivity contribution in [1.82, 2.24) is 0 Å². The predicted molar refractivity (Wildman–Crippen MR) is 63.5 cm³/mol. The van der Waals surface area contributed by atoms with Crippen LogP contribution in [0.15, 0.2) is 27.6 Å². The fraction of sp³-hybridized carbons (Fsp3) is 0.333. The number of alkyl halides is 1. The van der Waals surface area contributed by atoms with Crippen molar-refractivity contribution in [3.63, 3.8) is 0 Å². The first-order chi connectivity index (χ1) is 6.29. The van der Waals surface area contributed by atoms with Gasteiger partial charge in [-0.3, -0.25) is 0 Å². The summed E-state index contributed by atoms with van der Waals surface area (Å²) in [7, 11) is 0. The van der Waals surface area contributed by atoms with Crippen molar-refractivity contribution in [3.8, 4) is 0 Å². The van der Waals surface area contributed by atoms with Crippen molar-refractivity contribution in [2.24, 2.45) is 5.73 Å². The highest BCUT2D eigenvalue weighted by atomic mass is 79.9. The predicted octanol–water partition coefficient (Wildman–Crippen LogP) is 3.24. The smallest absolute Gasteiger partial charge is 0.0496 e. The van der Waals surface area contributed by atoms with E-state index in [-0.39, 0.29) is 0 Å². The van der Waals surface area contributed by atoms with Crippen molar-refractivity contribution in [2.45, 2.75) is 10.8 Å². The maximum Gasteiger partial charge on any atom is 0.0496 e. The number of benzene rings is 1. The molecule has 0 atom stereocenters. The van der Waals surface area contributed by atoms with Gasteiger partial charge in [-0.15, -0.1) is 23.4 Å². The van der Waals surface area contributed by atoms with Crippen LogP contribution in [0.5, 0.6) is 0 Å². The molecule has 0 amide bonds. The first kappa shape index (κ1) is 11.4. The standard InChI is InChI=1S/C9H11BrClNS/c10-8-2-1-3-9(7(8)6-11)13-5-4-12/h1-3H,4-6,12H2. The molecule has 1 rings (SSSR count). The topological polar surface area (TPSA) is 26.0 Å². The molecule has 0 radical (unpaired) electrons. The Morgan fingerprint density at radius 3 is 2.85 bits per heavy atom. The van der Waals surface area contributed by atoms with E-state index in [1.54, 1.807) is 11.8 Å². The number of nitrogens with two attached hydrogens (primary N) is 1. The second-order valence-corrected chi connectivity index (χ2v) is 4.75. The van der Waals surface area contributed by atoms with Gasteiger partial charge >= 0.3 is 0 Å². The van der Waals surface area contributed by atoms with E-state index in [1.165, 1.54) is 4.90 Å². The van der Waals surface area contributed by atoms with Crippen LogP contribution in [0.1, 0.15) is 5.56 Å². The molecule has 1 nitrogen and oxygen atoms in total. The SMILES string of the molecule is NCCSc1cccc(Br)c1CCl. The van der Waals surface area contributed by atoms with Crippen LogP contribution in [-0.2, 0) is 5.88 Å². The minimum absolute atomic E-state index is 0.536. The summed E-state index contributed by atoms with van der Waals surface area (Å²) >= 11 is 11.1. The lowest BCUT2D eigenvalue weighted by molar-refractivity contribution is 1.14. The number of hydrogen-bond acceptors (Lipinski definition) is 2. The largest absolute Gasteiger partial charge is 0.330 e. The van der Waals surface area contributed by atoms with Crippen LogP contribution in [0.2, 0.25) is 0 Å². The molecule has 72 valence electrons. The summed E-state index contributed by atoms with van der Waals surface area (Å²) in [5, 5.41) is 0. The van der Waals surface area contributed by atoms with E-state index < -0.39 is 0 Å². The molecule has 0 aliphatic carbocycles. The molecule has 1 aromatic rings. The zero-order chi connectivity index (χ0) is 9.68. The maximum absolute atomic E-state index is 5.84. The molecular formula is C9H11BrClNS. The average molecular weight is 281 g/mol. The van der Waals surface area contributed by atoms with Gasteiger partial charge < -0.3 is 5.73 Å². The highest BCUT2D eigenvalue weighted by Crippen LogP contribution is 2.29. The van der Waals surface area contributed by atoms with E-state index in [0.29, 0.717) is 12.4 Å². The van der Waals surface area contributed by atoms with Gasteiger partial charge in [0.1, 0.15) is 0 Å². The summed E-state index contributed by atoms with van der Waals surface area (Å²) in [5.74, 6) is 1.47. The maximum atomic E-state index is 5.84. The molecule has 0 heterocycles. The van der Waals surface area contributed by atoms with Gasteiger partial charge in [0.05, 0.1) is 0 Å². The molecule has 2 N–H and O–H groups in total. The third kappa shape index (κ3) is 3.17. The fourth-order valence-corrected chi connectivity index (χ4v) is 3.01. The van der Waals surface area contributed by atoms with Crippen LogP contribution < -0.4 is 5.73 Å². The third-order valence-electron chi connectivity index (χ3n) is 1.58. The number of halogens is 2. The fourth-order valence-electron chi connectivity index (χ4n) is 0.973. The van der Waals surface area contributed by atoms with Crippen molar-refractivity contribution < 1.29 is 0 Å². The second kappa shape index (κ2) is 5.91. The van der Waals surface area contributed by atoms with Crippen LogP contribution >= 0.6 is 39.3 Å². The number of thioether (sulfide) groups is 1. The highest BCUT2D eigenvalue weighted by Gasteiger charge is 2.04. The average Bonchev–Trinajstić information content (AvgIpc) is 2.15. The monoisotopic (exact) mass is 279 g/mol. The van der Waals surface area contributed by atoms with Gasteiger partial charge in [0.2, 0.25) is 0 Å². The summed E-state index contributed by atoms with van der Waals surface area (Å²) in [5.41, 5.74) is 6.60. The van der Waals surface area contributed by atoms with Crippen molar-refractivity contribution in [2.75, 3.05) is 12.3 Å². The third-order valence-corrected chi connectivity index (χ3v) is 3.73. The van der Waals surface area contributed by atoms with E-state index in [4.69, 9.17) is 17.3 Å². The molecule has 0 aromatic heterocycles. The Hall–Kier alpha value is 0.300. The molecule has 1 aromatic carbocycles. The van der Waals surface area contributed by atoms with E-state index in [0.717, 1.165) is 15.8 Å². The minimum atomic E-state index is 0.536. The quantitative estimate of drug-likeness (QED) is 0.677. The molecule has 0 aliphatic rings. The normalized spacial score (nSPS) is 10.4. The minimum Gasteiger partial charge on any atom is -0.330 e. The molecule has 0 saturated heterocycles. The van der Waals surface area contributed by atoms with Crippen LogP contribution in [0.4, 0.5) is 0 Å². The molecule has 0 fully saturated rings. The summed E-state index contributed by atoms with van der Waals surface area (Å²) in [6.45, 7) is 0.693. The Balaban J connectivity index is 2.85. The molecule has 4 heteroatoms. The zero-order valence-corrected chi connectivity index (χ0v) is 10.3. The first-order valence-electron chi connectivity index (χ1n) is 3.95. The van der Waals surface area contributed by atoms with Gasteiger partial charge in [-0.25, -0.2) is 0 Å². The summed E-state index contributed by atoms with van der Waals surface area (Å²) in [4.78, 5) is 1.22. The van der Waals surface area contributed by atoms with Crippen molar-refractivity contribution >= 4 is 39.3 Å². The highest BCUT2D eigenvalue weighted by molar-refractivity contribution is 9.10. The Kier molecular flexibility index (Phi) is 5.17. The van der Waals surface area contributed by atoms with Gasteiger partial charge in [-0.2, -0.15) is 0 Å². The van der Waals surface area contributed by atoms with Gasteiger partial charge in [-0.05, 0) is 17.7 Å². The van der Waals surface area contributed by atoms with Gasteiger partial charge in [0, 0.05) is 27.5 Å². The lowest BCUT2D eigenvalue weighted by Gasteiger charge is -2.07. The van der Waals surface area contributed by atoms with Crippen LogP contribution in [0.3, 0.4) is 0 Å². The molecule has 0 spiro atoms. The molecule has 0 saturated carbocycles. The molecular weight excluding hydrogens is 270 g/mol. The molecule has 0 aliphatic heterocycles. The molecule has 0 unspecified atom stereocenters. The lowest BCUT2D eigenvalue weighted by atomic mass is 10.2. The molecule has 13 heavy (non-hydrogen) atoms.